The monoisotopic (exact) mass is 791 g/mol. The summed E-state index contributed by atoms with van der Waals surface area (Å²) in [5.41, 5.74) is 5.75. The molecule has 1 aliphatic rings. The van der Waals surface area contributed by atoms with E-state index in [1.165, 1.54) is 54.6 Å². The van der Waals surface area contributed by atoms with E-state index in [0.717, 1.165) is 6.42 Å². The van der Waals surface area contributed by atoms with E-state index >= 15 is 0 Å². The fourth-order valence-corrected chi connectivity index (χ4v) is 5.55. The van der Waals surface area contributed by atoms with Crippen LogP contribution in [0, 0.1) is 0 Å². The maximum atomic E-state index is 2.22. The minimum Gasteiger partial charge on any atom is -0.0683 e. The van der Waals surface area contributed by atoms with Crippen LogP contribution in [0.4, 0.5) is 0 Å². The predicted octanol–water partition coefficient (Wildman–Crippen LogP) is 20.0. The van der Waals surface area contributed by atoms with Crippen molar-refractivity contribution in [2.24, 2.45) is 0 Å². The van der Waals surface area contributed by atoms with Gasteiger partial charge in [0.05, 0.1) is 0 Å². The summed E-state index contributed by atoms with van der Waals surface area (Å²) in [5.74, 6) is 0. The molecule has 0 saturated carbocycles. The largest absolute Gasteiger partial charge is 0.0683 e. The summed E-state index contributed by atoms with van der Waals surface area (Å²) in [4.78, 5) is 0. The molecule has 0 unspecified atom stereocenters. The minimum absolute atomic E-state index is 1.10. The highest BCUT2D eigenvalue weighted by molar-refractivity contribution is 6.07. The van der Waals surface area contributed by atoms with E-state index < -0.39 is 0 Å². The average molecular weight is 791 g/mol. The normalized spacial score (nSPS) is 8.61. The summed E-state index contributed by atoms with van der Waals surface area (Å²) >= 11 is 0. The van der Waals surface area contributed by atoms with Crippen molar-refractivity contribution in [3.63, 3.8) is 0 Å². The molecule has 0 aromatic heterocycles. The molecule has 8 aromatic rings. The van der Waals surface area contributed by atoms with Crippen LogP contribution in [0.1, 0.15) is 122 Å². The molecule has 0 heterocycles. The van der Waals surface area contributed by atoms with Gasteiger partial charge in [0.2, 0.25) is 0 Å². The molecule has 0 amide bonds. The second-order valence-corrected chi connectivity index (χ2v) is 10.5. The lowest BCUT2D eigenvalue weighted by Gasteiger charge is -2.02. The summed E-state index contributed by atoms with van der Waals surface area (Å²) in [5, 5.41) is 7.92. The van der Waals surface area contributed by atoms with Crippen molar-refractivity contribution in [3.8, 4) is 11.1 Å². The Labute approximate surface area is 364 Å². The van der Waals surface area contributed by atoms with Gasteiger partial charge in [-0.15, -0.1) is 0 Å². The number of fused-ring (bicyclic) bond motifs is 7. The number of rotatable bonds is 0. The van der Waals surface area contributed by atoms with Gasteiger partial charge < -0.3 is 0 Å². The summed E-state index contributed by atoms with van der Waals surface area (Å²) < 4.78 is 0. The van der Waals surface area contributed by atoms with Crippen LogP contribution in [-0.2, 0) is 6.42 Å². The van der Waals surface area contributed by atoms with Gasteiger partial charge in [-0.2, -0.15) is 0 Å². The Morgan fingerprint density at radius 2 is 0.424 bits per heavy atom. The zero-order chi connectivity index (χ0) is 45.1. The van der Waals surface area contributed by atoms with Crippen LogP contribution in [-0.4, -0.2) is 0 Å². The third-order valence-electron chi connectivity index (χ3n) is 7.69. The van der Waals surface area contributed by atoms with Crippen LogP contribution >= 0.6 is 0 Å². The Balaban J connectivity index is -0.000000649. The average Bonchev–Trinajstić information content (AvgIpc) is 3.76. The number of hydrogen-bond donors (Lipinski definition) is 0. The van der Waals surface area contributed by atoms with Crippen molar-refractivity contribution < 1.29 is 0 Å². The van der Waals surface area contributed by atoms with Crippen LogP contribution in [0.2, 0.25) is 0 Å². The molecule has 0 atom stereocenters. The van der Waals surface area contributed by atoms with Crippen LogP contribution in [0.5, 0.6) is 0 Å². The van der Waals surface area contributed by atoms with Crippen molar-refractivity contribution in [2.45, 2.75) is 117 Å². The topological polar surface area (TPSA) is 0 Å². The van der Waals surface area contributed by atoms with Crippen molar-refractivity contribution in [1.82, 2.24) is 0 Å². The maximum Gasteiger partial charge on any atom is -0.00135 e. The second-order valence-electron chi connectivity index (χ2n) is 10.5. The molecule has 0 N–H and O–H groups in total. The van der Waals surface area contributed by atoms with E-state index in [1.807, 2.05) is 147 Å². The van der Waals surface area contributed by atoms with Crippen molar-refractivity contribution in [1.29, 1.82) is 0 Å². The standard InChI is InChI=1S/C14H10.C13H10.C10H8.C6H6.8C2H6/c1-3-7-13-11(5-1)9-10-12-6-2-4-8-14(12)13;1-3-7-12-10(5-1)9-11-6-2-4-8-13(11)12;1-2-6-10-8-4-3-7-9(10)5-1;1-2-4-6-5-3-1;8*1-2/h1-10H;1-8H,9H2;1-8H;1-6H;8*1-2H3. The molecule has 0 spiro atoms. The molecule has 318 valence electrons. The first kappa shape index (κ1) is 57.9. The Morgan fingerprint density at radius 1 is 0.203 bits per heavy atom. The first-order valence-corrected chi connectivity index (χ1v) is 22.8. The lowest BCUT2D eigenvalue weighted by atomic mass is 10.0. The van der Waals surface area contributed by atoms with Gasteiger partial charge in [0.25, 0.3) is 0 Å². The molecular weight excluding hydrogens is 709 g/mol. The number of hydrogen-bond acceptors (Lipinski definition) is 0. The maximum absolute atomic E-state index is 2.22. The minimum atomic E-state index is 1.10. The van der Waals surface area contributed by atoms with E-state index in [2.05, 4.69) is 158 Å². The molecular formula is C59H82. The number of benzene rings is 8. The first-order chi connectivity index (χ1) is 29.4. The molecule has 0 radical (unpaired) electrons. The van der Waals surface area contributed by atoms with Crippen molar-refractivity contribution in [3.05, 3.63) is 205 Å². The molecule has 8 aromatic carbocycles. The molecule has 59 heavy (non-hydrogen) atoms. The Hall–Kier alpha value is -5.46. The lowest BCUT2D eigenvalue weighted by Crippen LogP contribution is -1.77. The van der Waals surface area contributed by atoms with Gasteiger partial charge in [-0.25, -0.2) is 0 Å². The van der Waals surface area contributed by atoms with Crippen LogP contribution in [0.3, 0.4) is 0 Å². The zero-order valence-corrected chi connectivity index (χ0v) is 40.2. The summed E-state index contributed by atoms with van der Waals surface area (Å²) in [6, 6.07) is 67.4. The van der Waals surface area contributed by atoms with Crippen molar-refractivity contribution in [2.75, 3.05) is 0 Å². The van der Waals surface area contributed by atoms with Gasteiger partial charge in [-0.3, -0.25) is 0 Å². The van der Waals surface area contributed by atoms with Crippen LogP contribution in [0.25, 0.3) is 43.4 Å². The highest BCUT2D eigenvalue weighted by Crippen LogP contribution is 2.35. The van der Waals surface area contributed by atoms with Crippen LogP contribution in [0.15, 0.2) is 194 Å². The van der Waals surface area contributed by atoms with E-state index in [4.69, 9.17) is 0 Å². The Kier molecular flexibility index (Phi) is 41.3. The van der Waals surface area contributed by atoms with Crippen molar-refractivity contribution >= 4 is 32.3 Å². The third-order valence-corrected chi connectivity index (χ3v) is 7.69. The van der Waals surface area contributed by atoms with Crippen LogP contribution < -0.4 is 0 Å². The lowest BCUT2D eigenvalue weighted by molar-refractivity contribution is 1.26. The highest BCUT2D eigenvalue weighted by Gasteiger charge is 2.15. The first-order valence-electron chi connectivity index (χ1n) is 22.8. The molecule has 0 bridgehead atoms. The molecule has 0 heteroatoms. The molecule has 0 nitrogen and oxygen atoms in total. The second kappa shape index (κ2) is 42.2. The summed E-state index contributed by atoms with van der Waals surface area (Å²) in [6.45, 7) is 32.0. The van der Waals surface area contributed by atoms with Gasteiger partial charge in [-0.05, 0) is 61.0 Å². The van der Waals surface area contributed by atoms with Gasteiger partial charge in [0.1, 0.15) is 0 Å². The SMILES string of the molecule is CC.CC.CC.CC.CC.CC.CC.CC.c1ccc2c(c1)Cc1ccccc1-2.c1ccc2c(c1)ccc1ccccc12.c1ccc2ccccc2c1.c1ccccc1. The van der Waals surface area contributed by atoms with E-state index in [1.54, 1.807) is 0 Å². The molecule has 0 aliphatic heterocycles. The smallest absolute Gasteiger partial charge is 0.00135 e. The Morgan fingerprint density at radius 3 is 0.712 bits per heavy atom. The highest BCUT2D eigenvalue weighted by atomic mass is 14.2. The fraction of sp³-hybridized carbons (Fsp3) is 0.288. The van der Waals surface area contributed by atoms with Gasteiger partial charge in [-0.1, -0.05) is 305 Å². The molecule has 1 aliphatic carbocycles. The van der Waals surface area contributed by atoms with Gasteiger partial charge >= 0.3 is 0 Å². The molecule has 0 fully saturated rings. The van der Waals surface area contributed by atoms with Gasteiger partial charge in [0.15, 0.2) is 0 Å². The summed E-state index contributed by atoms with van der Waals surface area (Å²) in [7, 11) is 0. The fourth-order valence-electron chi connectivity index (χ4n) is 5.55. The van der Waals surface area contributed by atoms with E-state index in [0.29, 0.717) is 0 Å². The van der Waals surface area contributed by atoms with E-state index in [9.17, 15) is 0 Å². The zero-order valence-electron chi connectivity index (χ0n) is 40.2. The van der Waals surface area contributed by atoms with Gasteiger partial charge in [0, 0.05) is 0 Å². The third kappa shape index (κ3) is 21.2. The quantitative estimate of drug-likeness (QED) is 0.134. The summed E-state index contributed by atoms with van der Waals surface area (Å²) in [6.07, 6.45) is 1.10. The molecule has 9 rings (SSSR count). The molecule has 0 saturated heterocycles. The van der Waals surface area contributed by atoms with E-state index in [-0.39, 0.29) is 0 Å². The predicted molar refractivity (Wildman–Crippen MR) is 277 cm³/mol. The Bertz CT molecular complexity index is 1860.